The number of hydrogen-bond acceptors (Lipinski definition) is 4. The highest BCUT2D eigenvalue weighted by molar-refractivity contribution is 7.89. The van der Waals surface area contributed by atoms with Crippen LogP contribution in [0.2, 0.25) is 0 Å². The summed E-state index contributed by atoms with van der Waals surface area (Å²) in [6.45, 7) is 4.77. The molecule has 1 heterocycles. The third-order valence-corrected chi connectivity index (χ3v) is 7.68. The Labute approximate surface area is 179 Å². The van der Waals surface area contributed by atoms with Crippen LogP contribution in [-0.4, -0.2) is 38.8 Å². The minimum atomic E-state index is -3.56. The highest BCUT2D eigenvalue weighted by atomic mass is 32.2. The van der Waals surface area contributed by atoms with Crippen molar-refractivity contribution in [1.82, 2.24) is 9.62 Å². The fraction of sp³-hybridized carbons (Fsp3) is 0.435. The molecule has 0 saturated carbocycles. The van der Waals surface area contributed by atoms with Gasteiger partial charge in [0.1, 0.15) is 5.75 Å². The van der Waals surface area contributed by atoms with Gasteiger partial charge in [-0.1, -0.05) is 31.2 Å². The minimum Gasteiger partial charge on any atom is -0.497 e. The molecule has 1 atom stereocenters. The lowest BCUT2D eigenvalue weighted by atomic mass is 9.96. The minimum absolute atomic E-state index is 0.0106. The van der Waals surface area contributed by atoms with Crippen LogP contribution >= 0.6 is 0 Å². The topological polar surface area (TPSA) is 75.7 Å². The second kappa shape index (κ2) is 9.62. The Balaban J connectivity index is 1.56. The SMILES string of the molecule is CCc1ccc([C@H](C)NC(=O)C2CCN(S(=O)(=O)c3ccc(OC)cc3)CC2)cc1. The van der Waals surface area contributed by atoms with Crippen molar-refractivity contribution >= 4 is 15.9 Å². The standard InChI is InChI=1S/C23H30N2O4S/c1-4-18-5-7-19(8-6-18)17(2)24-23(26)20-13-15-25(16-14-20)30(27,28)22-11-9-21(29-3)10-12-22/h5-12,17,20H,4,13-16H2,1-3H3,(H,24,26)/t17-/m0/s1. The van der Waals surface area contributed by atoms with Crippen LogP contribution in [0.15, 0.2) is 53.4 Å². The number of sulfonamides is 1. The molecule has 1 saturated heterocycles. The number of rotatable bonds is 7. The van der Waals surface area contributed by atoms with E-state index in [4.69, 9.17) is 4.74 Å². The summed E-state index contributed by atoms with van der Waals surface area (Å²) in [5.74, 6) is 0.427. The van der Waals surface area contributed by atoms with Gasteiger partial charge < -0.3 is 10.1 Å². The van der Waals surface area contributed by atoms with Gasteiger partial charge in [0.05, 0.1) is 18.0 Å². The molecule has 0 radical (unpaired) electrons. The molecule has 1 aliphatic heterocycles. The van der Waals surface area contributed by atoms with Crippen molar-refractivity contribution in [3.05, 3.63) is 59.7 Å². The second-order valence-corrected chi connectivity index (χ2v) is 9.62. The second-order valence-electron chi connectivity index (χ2n) is 7.68. The maximum Gasteiger partial charge on any atom is 0.243 e. The van der Waals surface area contributed by atoms with Crippen molar-refractivity contribution in [3.63, 3.8) is 0 Å². The fourth-order valence-corrected chi connectivity index (χ4v) is 5.18. The van der Waals surface area contributed by atoms with E-state index in [1.807, 2.05) is 19.1 Å². The molecule has 1 aliphatic rings. The van der Waals surface area contributed by atoms with E-state index in [2.05, 4.69) is 24.4 Å². The largest absolute Gasteiger partial charge is 0.497 e. The molecule has 0 spiro atoms. The number of carbonyl (C=O) groups excluding carboxylic acids is 1. The third-order valence-electron chi connectivity index (χ3n) is 5.77. The summed E-state index contributed by atoms with van der Waals surface area (Å²) >= 11 is 0. The molecule has 0 bridgehead atoms. The molecule has 7 heteroatoms. The molecule has 0 unspecified atom stereocenters. The van der Waals surface area contributed by atoms with Gasteiger partial charge in [0.25, 0.3) is 0 Å². The summed E-state index contributed by atoms with van der Waals surface area (Å²) in [7, 11) is -2.02. The van der Waals surface area contributed by atoms with Gasteiger partial charge >= 0.3 is 0 Å². The van der Waals surface area contributed by atoms with Gasteiger partial charge in [0, 0.05) is 19.0 Å². The van der Waals surface area contributed by atoms with E-state index < -0.39 is 10.0 Å². The molecule has 6 nitrogen and oxygen atoms in total. The van der Waals surface area contributed by atoms with Crippen molar-refractivity contribution in [2.45, 2.75) is 44.0 Å². The molecule has 162 valence electrons. The Bertz CT molecular complexity index is 948. The summed E-state index contributed by atoms with van der Waals surface area (Å²) in [5.41, 5.74) is 2.34. The van der Waals surface area contributed by atoms with Crippen LogP contribution in [0.25, 0.3) is 0 Å². The smallest absolute Gasteiger partial charge is 0.243 e. The third kappa shape index (κ3) is 5.02. The first-order valence-electron chi connectivity index (χ1n) is 10.4. The van der Waals surface area contributed by atoms with Crippen LogP contribution < -0.4 is 10.1 Å². The van der Waals surface area contributed by atoms with Gasteiger partial charge in [-0.2, -0.15) is 4.31 Å². The zero-order chi connectivity index (χ0) is 21.7. The number of carbonyl (C=O) groups is 1. The summed E-state index contributed by atoms with van der Waals surface area (Å²) in [6.07, 6.45) is 2.02. The zero-order valence-electron chi connectivity index (χ0n) is 17.8. The van der Waals surface area contributed by atoms with Crippen molar-refractivity contribution in [3.8, 4) is 5.75 Å². The number of nitrogens with zero attached hydrogens (tertiary/aromatic N) is 1. The van der Waals surface area contributed by atoms with E-state index in [9.17, 15) is 13.2 Å². The Morgan fingerprint density at radius 1 is 1.10 bits per heavy atom. The highest BCUT2D eigenvalue weighted by Crippen LogP contribution is 2.26. The first kappa shape index (κ1) is 22.3. The number of aryl methyl sites for hydroxylation is 1. The lowest BCUT2D eigenvalue weighted by molar-refractivity contribution is -0.126. The van der Waals surface area contributed by atoms with Gasteiger partial charge in [0.2, 0.25) is 15.9 Å². The van der Waals surface area contributed by atoms with Gasteiger partial charge in [-0.15, -0.1) is 0 Å². The van der Waals surface area contributed by atoms with Gasteiger partial charge in [-0.05, 0) is 61.6 Å². The first-order valence-corrected chi connectivity index (χ1v) is 11.8. The van der Waals surface area contributed by atoms with Crippen LogP contribution in [-0.2, 0) is 21.2 Å². The van der Waals surface area contributed by atoms with Gasteiger partial charge in [0.15, 0.2) is 0 Å². The summed E-state index contributed by atoms with van der Waals surface area (Å²) < 4.78 is 32.3. The van der Waals surface area contributed by atoms with E-state index in [1.54, 1.807) is 31.4 Å². The maximum atomic E-state index is 12.9. The highest BCUT2D eigenvalue weighted by Gasteiger charge is 2.32. The number of ether oxygens (including phenoxy) is 1. The van der Waals surface area contributed by atoms with Crippen LogP contribution in [0.5, 0.6) is 5.75 Å². The zero-order valence-corrected chi connectivity index (χ0v) is 18.6. The van der Waals surface area contributed by atoms with Crippen LogP contribution in [0.3, 0.4) is 0 Å². The maximum absolute atomic E-state index is 12.9. The molecule has 3 rings (SSSR count). The lowest BCUT2D eigenvalue weighted by Gasteiger charge is -2.31. The fourth-order valence-electron chi connectivity index (χ4n) is 3.71. The molecule has 1 fully saturated rings. The number of piperidine rings is 1. The monoisotopic (exact) mass is 430 g/mol. The Kier molecular flexibility index (Phi) is 7.15. The van der Waals surface area contributed by atoms with Gasteiger partial charge in [-0.25, -0.2) is 8.42 Å². The van der Waals surface area contributed by atoms with Crippen molar-refractivity contribution in [2.24, 2.45) is 5.92 Å². The molecule has 1 N–H and O–H groups in total. The van der Waals surface area contributed by atoms with Crippen molar-refractivity contribution in [2.75, 3.05) is 20.2 Å². The molecular formula is C23H30N2O4S. The first-order chi connectivity index (χ1) is 14.3. The van der Waals surface area contributed by atoms with E-state index in [0.717, 1.165) is 12.0 Å². The number of benzene rings is 2. The number of nitrogens with one attached hydrogen (secondary N) is 1. The summed E-state index contributed by atoms with van der Waals surface area (Å²) in [4.78, 5) is 13.0. The molecule has 30 heavy (non-hydrogen) atoms. The van der Waals surface area contributed by atoms with Gasteiger partial charge in [-0.3, -0.25) is 4.79 Å². The van der Waals surface area contributed by atoms with Crippen LogP contribution in [0, 0.1) is 5.92 Å². The quantitative estimate of drug-likeness (QED) is 0.729. The predicted molar refractivity (Wildman–Crippen MR) is 117 cm³/mol. The summed E-state index contributed by atoms with van der Waals surface area (Å²) in [5, 5.41) is 3.08. The molecule has 1 amide bonds. The molecule has 0 aliphatic carbocycles. The average Bonchev–Trinajstić information content (AvgIpc) is 2.79. The molecule has 2 aromatic carbocycles. The van der Waals surface area contributed by atoms with E-state index >= 15 is 0 Å². The average molecular weight is 431 g/mol. The predicted octanol–water partition coefficient (Wildman–Crippen LogP) is 3.54. The number of methoxy groups -OCH3 is 1. The molecule has 0 aromatic heterocycles. The Morgan fingerprint density at radius 2 is 1.70 bits per heavy atom. The van der Waals surface area contributed by atoms with E-state index in [0.29, 0.717) is 31.7 Å². The van der Waals surface area contributed by atoms with Crippen LogP contribution in [0.1, 0.15) is 43.9 Å². The van der Waals surface area contributed by atoms with Crippen LogP contribution in [0.4, 0.5) is 0 Å². The lowest BCUT2D eigenvalue weighted by Crippen LogP contribution is -2.43. The van der Waals surface area contributed by atoms with E-state index in [1.165, 1.54) is 9.87 Å². The Hall–Kier alpha value is -2.38. The molecular weight excluding hydrogens is 400 g/mol. The normalized spacial score (nSPS) is 16.8. The van der Waals surface area contributed by atoms with Crippen molar-refractivity contribution in [1.29, 1.82) is 0 Å². The number of hydrogen-bond donors (Lipinski definition) is 1. The summed E-state index contributed by atoms with van der Waals surface area (Å²) in [6, 6.07) is 14.6. The Morgan fingerprint density at radius 3 is 2.23 bits per heavy atom. The molecule has 2 aromatic rings. The van der Waals surface area contributed by atoms with E-state index in [-0.39, 0.29) is 22.8 Å². The van der Waals surface area contributed by atoms with Crippen molar-refractivity contribution < 1.29 is 17.9 Å². The number of amides is 1.